The van der Waals surface area contributed by atoms with Gasteiger partial charge >= 0.3 is 0 Å². The molecule has 2 atom stereocenters. The Balaban J connectivity index is 1.84. The van der Waals surface area contributed by atoms with Gasteiger partial charge in [-0.25, -0.2) is 4.98 Å². The predicted molar refractivity (Wildman–Crippen MR) is 89.5 cm³/mol. The maximum absolute atomic E-state index is 6.05. The molecule has 0 spiro atoms. The number of benzene rings is 1. The van der Waals surface area contributed by atoms with Gasteiger partial charge in [0.05, 0.1) is 11.0 Å². The fourth-order valence-corrected chi connectivity index (χ4v) is 4.25. The largest absolute Gasteiger partial charge is 0.330 e. The van der Waals surface area contributed by atoms with Gasteiger partial charge in [-0.2, -0.15) is 0 Å². The van der Waals surface area contributed by atoms with Crippen LogP contribution in [-0.4, -0.2) is 16.1 Å². The van der Waals surface area contributed by atoms with E-state index in [-0.39, 0.29) is 0 Å². The second-order valence-electron chi connectivity index (χ2n) is 6.59. The van der Waals surface area contributed by atoms with E-state index in [0.29, 0.717) is 17.9 Å². The Labute approximate surface area is 134 Å². The topological polar surface area (TPSA) is 43.8 Å². The molecule has 3 nitrogen and oxygen atoms in total. The summed E-state index contributed by atoms with van der Waals surface area (Å²) in [5.41, 5.74) is 8.48. The first-order valence-electron chi connectivity index (χ1n) is 8.15. The van der Waals surface area contributed by atoms with E-state index in [9.17, 15) is 0 Å². The molecule has 4 heteroatoms. The minimum absolute atomic E-state index is 0.551. The molecule has 1 heterocycles. The van der Waals surface area contributed by atoms with Crippen LogP contribution in [0.1, 0.15) is 56.3 Å². The van der Waals surface area contributed by atoms with Crippen LogP contribution in [-0.2, 0) is 0 Å². The summed E-state index contributed by atoms with van der Waals surface area (Å²) in [6, 6.07) is 7.17. The molecule has 4 rings (SSSR count). The molecule has 0 bridgehead atoms. The lowest BCUT2D eigenvalue weighted by atomic mass is 9.78. The summed E-state index contributed by atoms with van der Waals surface area (Å²) < 4.78 is 3.64. The van der Waals surface area contributed by atoms with Crippen molar-refractivity contribution in [3.05, 3.63) is 28.5 Å². The van der Waals surface area contributed by atoms with Gasteiger partial charge in [0.15, 0.2) is 0 Å². The first-order chi connectivity index (χ1) is 10.3. The summed E-state index contributed by atoms with van der Waals surface area (Å²) in [6.07, 6.45) is 7.76. The lowest BCUT2D eigenvalue weighted by molar-refractivity contribution is 0.298. The van der Waals surface area contributed by atoms with E-state index in [2.05, 4.69) is 38.7 Å². The molecule has 2 N–H and O–H groups in total. The van der Waals surface area contributed by atoms with Crippen LogP contribution in [0.2, 0.25) is 0 Å². The summed E-state index contributed by atoms with van der Waals surface area (Å²) in [4.78, 5) is 5.03. The molecular weight excluding hydrogens is 326 g/mol. The number of nitrogens with two attached hydrogens (primary N) is 1. The van der Waals surface area contributed by atoms with Gasteiger partial charge in [0.2, 0.25) is 0 Å². The van der Waals surface area contributed by atoms with Crippen LogP contribution in [0.3, 0.4) is 0 Å². The van der Waals surface area contributed by atoms with Gasteiger partial charge in [0.25, 0.3) is 0 Å². The molecule has 0 radical (unpaired) electrons. The SMILES string of the molecule is NCC1CCCCC1c1nc2cc(Br)ccc2n1C1CC1. The van der Waals surface area contributed by atoms with Crippen LogP contribution in [0.5, 0.6) is 0 Å². The van der Waals surface area contributed by atoms with Crippen LogP contribution in [0.4, 0.5) is 0 Å². The van der Waals surface area contributed by atoms with E-state index in [0.717, 1.165) is 16.5 Å². The van der Waals surface area contributed by atoms with Crippen molar-refractivity contribution in [2.75, 3.05) is 6.54 Å². The monoisotopic (exact) mass is 347 g/mol. The summed E-state index contributed by atoms with van der Waals surface area (Å²) in [5, 5.41) is 0. The Morgan fingerprint density at radius 1 is 1.19 bits per heavy atom. The number of hydrogen-bond donors (Lipinski definition) is 1. The first-order valence-corrected chi connectivity index (χ1v) is 8.94. The van der Waals surface area contributed by atoms with E-state index in [1.165, 1.54) is 49.9 Å². The van der Waals surface area contributed by atoms with Crippen molar-refractivity contribution >= 4 is 27.0 Å². The lowest BCUT2D eigenvalue weighted by Crippen LogP contribution is -2.27. The third-order valence-corrected chi connectivity index (χ3v) is 5.63. The van der Waals surface area contributed by atoms with Crippen LogP contribution in [0.25, 0.3) is 11.0 Å². The molecule has 2 fully saturated rings. The quantitative estimate of drug-likeness (QED) is 0.895. The Bertz CT molecular complexity index is 659. The number of rotatable bonds is 3. The van der Waals surface area contributed by atoms with E-state index < -0.39 is 0 Å². The molecule has 2 aliphatic rings. The van der Waals surface area contributed by atoms with Crippen molar-refractivity contribution < 1.29 is 0 Å². The number of halogens is 1. The zero-order valence-electron chi connectivity index (χ0n) is 12.3. The van der Waals surface area contributed by atoms with E-state index in [1.807, 2.05) is 0 Å². The predicted octanol–water partition coefficient (Wildman–Crippen LogP) is 4.37. The third kappa shape index (κ3) is 2.42. The van der Waals surface area contributed by atoms with E-state index in [1.54, 1.807) is 0 Å². The van der Waals surface area contributed by atoms with Gasteiger partial charge in [0.1, 0.15) is 5.82 Å². The van der Waals surface area contributed by atoms with Crippen LogP contribution >= 0.6 is 15.9 Å². The lowest BCUT2D eigenvalue weighted by Gasteiger charge is -2.30. The zero-order valence-corrected chi connectivity index (χ0v) is 13.8. The molecule has 112 valence electrons. The summed E-state index contributed by atoms with van der Waals surface area (Å²) in [7, 11) is 0. The van der Waals surface area contributed by atoms with Crippen molar-refractivity contribution in [1.82, 2.24) is 9.55 Å². The minimum atomic E-state index is 0.551. The molecule has 1 aromatic carbocycles. The fraction of sp³-hybridized carbons (Fsp3) is 0.588. The van der Waals surface area contributed by atoms with E-state index in [4.69, 9.17) is 10.7 Å². The Kier molecular flexibility index (Phi) is 3.54. The Morgan fingerprint density at radius 2 is 2.00 bits per heavy atom. The third-order valence-electron chi connectivity index (χ3n) is 5.13. The summed E-state index contributed by atoms with van der Waals surface area (Å²) >= 11 is 3.57. The second kappa shape index (κ2) is 5.40. The standard InChI is InChI=1S/C17H22BrN3/c18-12-5-8-16-15(9-12)20-17(21(16)13-6-7-13)14-4-2-1-3-11(14)10-19/h5,8-9,11,13-14H,1-4,6-7,10,19H2. The van der Waals surface area contributed by atoms with Crippen molar-refractivity contribution in [1.29, 1.82) is 0 Å². The number of hydrogen-bond acceptors (Lipinski definition) is 2. The zero-order chi connectivity index (χ0) is 14.4. The molecule has 2 aromatic rings. The maximum Gasteiger partial charge on any atom is 0.113 e. The molecule has 2 unspecified atom stereocenters. The maximum atomic E-state index is 6.05. The molecule has 2 saturated carbocycles. The number of aromatic nitrogens is 2. The normalized spacial score (nSPS) is 26.4. The molecule has 0 amide bonds. The van der Waals surface area contributed by atoms with Crippen molar-refractivity contribution in [3.63, 3.8) is 0 Å². The second-order valence-corrected chi connectivity index (χ2v) is 7.51. The highest BCUT2D eigenvalue weighted by Gasteiger charge is 2.34. The smallest absolute Gasteiger partial charge is 0.113 e. The molecule has 0 saturated heterocycles. The molecule has 1 aromatic heterocycles. The van der Waals surface area contributed by atoms with Gasteiger partial charge in [-0.3, -0.25) is 0 Å². The summed E-state index contributed by atoms with van der Waals surface area (Å²) in [5.74, 6) is 2.47. The first kappa shape index (κ1) is 13.8. The Hall–Kier alpha value is -0.870. The summed E-state index contributed by atoms with van der Waals surface area (Å²) in [6.45, 7) is 0.794. The van der Waals surface area contributed by atoms with Gasteiger partial charge in [-0.1, -0.05) is 28.8 Å². The van der Waals surface area contributed by atoms with Crippen molar-refractivity contribution in [2.24, 2.45) is 11.7 Å². The average molecular weight is 348 g/mol. The molecule has 0 aliphatic heterocycles. The molecular formula is C17H22BrN3. The number of imidazole rings is 1. The molecule has 21 heavy (non-hydrogen) atoms. The highest BCUT2D eigenvalue weighted by Crippen LogP contribution is 2.44. The van der Waals surface area contributed by atoms with Gasteiger partial charge < -0.3 is 10.3 Å². The van der Waals surface area contributed by atoms with Crippen LogP contribution in [0.15, 0.2) is 22.7 Å². The fourth-order valence-electron chi connectivity index (χ4n) is 3.90. The molecule has 2 aliphatic carbocycles. The van der Waals surface area contributed by atoms with Crippen LogP contribution in [0, 0.1) is 5.92 Å². The highest BCUT2D eigenvalue weighted by molar-refractivity contribution is 9.10. The highest BCUT2D eigenvalue weighted by atomic mass is 79.9. The Morgan fingerprint density at radius 3 is 2.76 bits per heavy atom. The number of fused-ring (bicyclic) bond motifs is 1. The van der Waals surface area contributed by atoms with Crippen molar-refractivity contribution in [3.8, 4) is 0 Å². The van der Waals surface area contributed by atoms with Gasteiger partial charge in [-0.15, -0.1) is 0 Å². The van der Waals surface area contributed by atoms with E-state index >= 15 is 0 Å². The van der Waals surface area contributed by atoms with Crippen molar-refractivity contribution in [2.45, 2.75) is 50.5 Å². The van der Waals surface area contributed by atoms with Gasteiger partial charge in [0, 0.05) is 16.4 Å². The average Bonchev–Trinajstić information content (AvgIpc) is 3.27. The van der Waals surface area contributed by atoms with Gasteiger partial charge in [-0.05, 0) is 56.3 Å². The minimum Gasteiger partial charge on any atom is -0.330 e. The number of nitrogens with zero attached hydrogens (tertiary/aromatic N) is 2. The van der Waals surface area contributed by atoms with Crippen LogP contribution < -0.4 is 5.73 Å².